The number of unbranched alkanes of at least 4 members (excludes halogenated alkanes) is 1. The van der Waals surface area contributed by atoms with Crippen LogP contribution in [0.2, 0.25) is 0 Å². The maximum Gasteiger partial charge on any atom is 0.229 e. The van der Waals surface area contributed by atoms with Crippen molar-refractivity contribution in [2.45, 2.75) is 32.7 Å². The lowest BCUT2D eigenvalue weighted by atomic mass is 10.2. The fourth-order valence-corrected chi connectivity index (χ4v) is 3.34. The summed E-state index contributed by atoms with van der Waals surface area (Å²) in [5.74, 6) is 0.108. The van der Waals surface area contributed by atoms with E-state index < -0.39 is 0 Å². The zero-order valence-corrected chi connectivity index (χ0v) is 13.9. The van der Waals surface area contributed by atoms with Crippen molar-refractivity contribution in [2.75, 3.05) is 4.90 Å². The minimum absolute atomic E-state index is 0.108. The number of nitrogens with zero attached hydrogens (tertiary/aromatic N) is 3. The molecule has 3 rings (SSSR count). The summed E-state index contributed by atoms with van der Waals surface area (Å²) in [7, 11) is 0. The zero-order valence-electron chi connectivity index (χ0n) is 13.1. The van der Waals surface area contributed by atoms with E-state index in [-0.39, 0.29) is 5.91 Å². The molecule has 0 spiro atoms. The van der Waals surface area contributed by atoms with Gasteiger partial charge in [-0.25, -0.2) is 4.98 Å². The molecule has 0 N–H and O–H groups in total. The molecule has 0 aliphatic carbocycles. The number of rotatable bonds is 6. The van der Waals surface area contributed by atoms with E-state index in [1.807, 2.05) is 42.5 Å². The van der Waals surface area contributed by atoms with Crippen LogP contribution in [-0.2, 0) is 11.3 Å². The minimum Gasteiger partial charge on any atom is -0.282 e. The third kappa shape index (κ3) is 3.74. The van der Waals surface area contributed by atoms with Crippen molar-refractivity contribution in [2.24, 2.45) is 0 Å². The Labute approximate surface area is 139 Å². The Kier molecular flexibility index (Phi) is 4.98. The van der Waals surface area contributed by atoms with Gasteiger partial charge in [0.2, 0.25) is 5.91 Å². The third-order valence-corrected chi connectivity index (χ3v) is 4.66. The topological polar surface area (TPSA) is 46.1 Å². The zero-order chi connectivity index (χ0) is 16.1. The average Bonchev–Trinajstić information content (AvgIpc) is 3.02. The van der Waals surface area contributed by atoms with Gasteiger partial charge in [-0.05, 0) is 30.7 Å². The Morgan fingerprint density at radius 1 is 1.17 bits per heavy atom. The summed E-state index contributed by atoms with van der Waals surface area (Å²) in [6.45, 7) is 2.55. The molecule has 1 amide bonds. The molecule has 0 aliphatic heterocycles. The Morgan fingerprint density at radius 2 is 2.00 bits per heavy atom. The molecule has 0 bridgehead atoms. The van der Waals surface area contributed by atoms with E-state index >= 15 is 0 Å². The van der Waals surface area contributed by atoms with Gasteiger partial charge >= 0.3 is 0 Å². The first kappa shape index (κ1) is 15.6. The molecule has 0 saturated carbocycles. The maximum atomic E-state index is 12.6. The third-order valence-electron chi connectivity index (χ3n) is 3.61. The second-order valence-electron chi connectivity index (χ2n) is 5.37. The minimum atomic E-state index is 0.108. The molecule has 5 heteroatoms. The SMILES string of the molecule is CCCCC(=O)N(Cc1ccccn1)c1nc2ccccc2s1. The molecule has 118 valence electrons. The van der Waals surface area contributed by atoms with E-state index in [0.717, 1.165) is 33.9 Å². The molecule has 4 nitrogen and oxygen atoms in total. The van der Waals surface area contributed by atoms with Crippen molar-refractivity contribution >= 4 is 32.6 Å². The second-order valence-corrected chi connectivity index (χ2v) is 6.38. The van der Waals surface area contributed by atoms with Gasteiger partial charge in [0.1, 0.15) is 0 Å². The van der Waals surface area contributed by atoms with Crippen LogP contribution >= 0.6 is 11.3 Å². The van der Waals surface area contributed by atoms with Crippen LogP contribution in [0.3, 0.4) is 0 Å². The van der Waals surface area contributed by atoms with Crippen molar-refractivity contribution in [3.63, 3.8) is 0 Å². The van der Waals surface area contributed by atoms with Crippen LogP contribution < -0.4 is 4.90 Å². The van der Waals surface area contributed by atoms with Gasteiger partial charge in [0.05, 0.1) is 22.5 Å². The van der Waals surface area contributed by atoms with Gasteiger partial charge in [0.15, 0.2) is 5.13 Å². The number of fused-ring (bicyclic) bond motifs is 1. The number of aromatic nitrogens is 2. The quantitative estimate of drug-likeness (QED) is 0.674. The molecule has 2 heterocycles. The molecule has 0 atom stereocenters. The van der Waals surface area contributed by atoms with Gasteiger partial charge < -0.3 is 0 Å². The molecular formula is C18H19N3OS. The average molecular weight is 325 g/mol. The summed E-state index contributed by atoms with van der Waals surface area (Å²) in [5.41, 5.74) is 1.80. The summed E-state index contributed by atoms with van der Waals surface area (Å²) in [4.78, 5) is 23.4. The molecule has 0 aliphatic rings. The molecule has 0 unspecified atom stereocenters. The van der Waals surface area contributed by atoms with Crippen molar-refractivity contribution in [1.29, 1.82) is 0 Å². The fraction of sp³-hybridized carbons (Fsp3) is 0.278. The van der Waals surface area contributed by atoms with Crippen LogP contribution in [0.5, 0.6) is 0 Å². The van der Waals surface area contributed by atoms with E-state index in [2.05, 4.69) is 16.9 Å². The highest BCUT2D eigenvalue weighted by Gasteiger charge is 2.20. The molecule has 1 aromatic carbocycles. The standard InChI is InChI=1S/C18H19N3OS/c1-2-3-11-17(22)21(13-14-8-6-7-12-19-14)18-20-15-9-4-5-10-16(15)23-18/h4-10,12H,2-3,11,13H2,1H3. The number of pyridine rings is 1. The van der Waals surface area contributed by atoms with Gasteiger partial charge in [-0.15, -0.1) is 0 Å². The lowest BCUT2D eigenvalue weighted by Gasteiger charge is -2.19. The Morgan fingerprint density at radius 3 is 2.74 bits per heavy atom. The number of thiazole rings is 1. The van der Waals surface area contributed by atoms with Crippen LogP contribution in [0.1, 0.15) is 31.9 Å². The molecule has 0 radical (unpaired) electrons. The Hall–Kier alpha value is -2.27. The summed E-state index contributed by atoms with van der Waals surface area (Å²) in [6.07, 6.45) is 4.19. The second kappa shape index (κ2) is 7.33. The van der Waals surface area contributed by atoms with E-state index in [9.17, 15) is 4.79 Å². The van der Waals surface area contributed by atoms with Crippen LogP contribution in [-0.4, -0.2) is 15.9 Å². The van der Waals surface area contributed by atoms with Crippen molar-refractivity contribution in [3.05, 3.63) is 54.4 Å². The maximum absolute atomic E-state index is 12.6. The fourth-order valence-electron chi connectivity index (χ4n) is 2.35. The highest BCUT2D eigenvalue weighted by atomic mass is 32.1. The smallest absolute Gasteiger partial charge is 0.229 e. The van der Waals surface area contributed by atoms with Crippen molar-refractivity contribution < 1.29 is 4.79 Å². The van der Waals surface area contributed by atoms with E-state index in [4.69, 9.17) is 0 Å². The summed E-state index contributed by atoms with van der Waals surface area (Å²) < 4.78 is 1.09. The predicted molar refractivity (Wildman–Crippen MR) is 94.6 cm³/mol. The first-order chi connectivity index (χ1) is 11.3. The molecule has 0 saturated heterocycles. The monoisotopic (exact) mass is 325 g/mol. The van der Waals surface area contributed by atoms with Crippen molar-refractivity contribution in [1.82, 2.24) is 9.97 Å². The molecular weight excluding hydrogens is 306 g/mol. The van der Waals surface area contributed by atoms with E-state index in [1.165, 1.54) is 0 Å². The molecule has 0 fully saturated rings. The van der Waals surface area contributed by atoms with E-state index in [0.29, 0.717) is 13.0 Å². The normalized spacial score (nSPS) is 10.8. The Balaban J connectivity index is 1.91. The molecule has 3 aromatic rings. The van der Waals surface area contributed by atoms with Crippen LogP contribution in [0.15, 0.2) is 48.7 Å². The number of hydrogen-bond acceptors (Lipinski definition) is 4. The van der Waals surface area contributed by atoms with Gasteiger partial charge in [0, 0.05) is 12.6 Å². The van der Waals surface area contributed by atoms with Crippen LogP contribution in [0.25, 0.3) is 10.2 Å². The van der Waals surface area contributed by atoms with Gasteiger partial charge in [-0.1, -0.05) is 42.9 Å². The number of para-hydroxylation sites is 1. The van der Waals surface area contributed by atoms with Crippen molar-refractivity contribution in [3.8, 4) is 0 Å². The van der Waals surface area contributed by atoms with Gasteiger partial charge in [-0.2, -0.15) is 0 Å². The Bertz CT molecular complexity index is 752. The number of benzene rings is 1. The van der Waals surface area contributed by atoms with Crippen LogP contribution in [0, 0.1) is 0 Å². The first-order valence-corrected chi connectivity index (χ1v) is 8.65. The lowest BCUT2D eigenvalue weighted by molar-refractivity contribution is -0.118. The number of carbonyl (C=O) groups excluding carboxylic acids is 1. The summed E-state index contributed by atoms with van der Waals surface area (Å²) in [5, 5.41) is 0.748. The molecule has 2 aromatic heterocycles. The highest BCUT2D eigenvalue weighted by Crippen LogP contribution is 2.30. The highest BCUT2D eigenvalue weighted by molar-refractivity contribution is 7.22. The lowest BCUT2D eigenvalue weighted by Crippen LogP contribution is -2.30. The number of amides is 1. The number of carbonyl (C=O) groups is 1. The molecule has 23 heavy (non-hydrogen) atoms. The van der Waals surface area contributed by atoms with Gasteiger partial charge in [-0.3, -0.25) is 14.7 Å². The summed E-state index contributed by atoms with van der Waals surface area (Å²) in [6, 6.07) is 13.7. The van der Waals surface area contributed by atoms with E-state index in [1.54, 1.807) is 22.4 Å². The summed E-state index contributed by atoms with van der Waals surface area (Å²) >= 11 is 1.55. The first-order valence-electron chi connectivity index (χ1n) is 7.84. The number of hydrogen-bond donors (Lipinski definition) is 0. The van der Waals surface area contributed by atoms with Crippen LogP contribution in [0.4, 0.5) is 5.13 Å². The largest absolute Gasteiger partial charge is 0.282 e. The number of anilines is 1. The van der Waals surface area contributed by atoms with Gasteiger partial charge in [0.25, 0.3) is 0 Å². The predicted octanol–water partition coefficient (Wildman–Crippen LogP) is 4.41.